The van der Waals surface area contributed by atoms with Crippen molar-refractivity contribution in [2.45, 2.75) is 105 Å². The fourth-order valence-corrected chi connectivity index (χ4v) is 11.6. The van der Waals surface area contributed by atoms with Crippen LogP contribution < -0.4 is 35.2 Å². The average molecular weight is 1200 g/mol. The van der Waals surface area contributed by atoms with E-state index in [1.165, 1.54) is 33.6 Å². The van der Waals surface area contributed by atoms with Gasteiger partial charge in [0.1, 0.15) is 52.7 Å². The number of pyridine rings is 1. The lowest BCUT2D eigenvalue weighted by molar-refractivity contribution is -0.505. The van der Waals surface area contributed by atoms with Crippen LogP contribution in [0.3, 0.4) is 0 Å². The summed E-state index contributed by atoms with van der Waals surface area (Å²) >= 11 is 0. The van der Waals surface area contributed by atoms with Gasteiger partial charge in [-0.15, -0.1) is 26.2 Å². The molecule has 9 rings (SSSR count). The third kappa shape index (κ3) is 9.23. The molecule has 7 aromatic rings. The van der Waals surface area contributed by atoms with Crippen molar-refractivity contribution in [2.75, 3.05) is 0 Å². The molecule has 0 bridgehead atoms. The maximum Gasteiger partial charge on any atom is 0.639 e. The molecule has 0 radical (unpaired) electrons. The van der Waals surface area contributed by atoms with Crippen LogP contribution in [0.2, 0.25) is 0 Å². The molecule has 0 aliphatic carbocycles. The third-order valence-electron chi connectivity index (χ3n) is 14.3. The number of halogens is 20. The van der Waals surface area contributed by atoms with Crippen molar-refractivity contribution in [3.8, 4) is 34.0 Å². The SMILES string of the molecule is CC(C)(C)c1cc2c(c(C(C)(C)C)c1)OP1Oc3c(cc(C(C)(C)C)cc3C(C)(C)C)-c3cccc-2[n+]31.Fc1c(F)c(F)c([B-](c2c(F)c(F)c(F)c(F)c2F)(c2c(F)c(F)c(F)c(F)c2F)c2c(F)c(F)c(F)c(F)c2F)c(F)c1F. The van der Waals surface area contributed by atoms with E-state index in [0.717, 1.165) is 22.6 Å². The second-order valence-corrected chi connectivity index (χ2v) is 24.9. The first-order chi connectivity index (χ1) is 37.6. The Morgan fingerprint density at radius 3 is 0.744 bits per heavy atom. The molecule has 6 aromatic carbocycles. The van der Waals surface area contributed by atoms with Gasteiger partial charge >= 0.3 is 8.53 Å². The molecule has 0 unspecified atom stereocenters. The highest BCUT2D eigenvalue weighted by molar-refractivity contribution is 7.41. The molecule has 0 saturated heterocycles. The van der Waals surface area contributed by atoms with Gasteiger partial charge in [-0.2, -0.15) is 0 Å². The summed E-state index contributed by atoms with van der Waals surface area (Å²) in [5.74, 6) is -69.5. The van der Waals surface area contributed by atoms with Gasteiger partial charge in [0, 0.05) is 23.3 Å². The number of rotatable bonds is 4. The van der Waals surface area contributed by atoms with E-state index in [2.05, 4.69) is 130 Å². The minimum atomic E-state index is -7.22. The molecular formula is C57H43BF20NO2P. The summed E-state index contributed by atoms with van der Waals surface area (Å²) in [6.07, 6.45) is -7.22. The number of benzene rings is 6. The number of aromatic nitrogens is 1. The quantitative estimate of drug-likeness (QED) is 0.0576. The Balaban J connectivity index is 0.000000218. The summed E-state index contributed by atoms with van der Waals surface area (Å²) in [7, 11) is -1.38. The molecule has 25 heteroatoms. The molecule has 2 aliphatic rings. The summed E-state index contributed by atoms with van der Waals surface area (Å²) < 4.78 is 310. The number of nitrogens with zero attached hydrogens (tertiary/aromatic N) is 1. The van der Waals surface area contributed by atoms with Crippen molar-refractivity contribution in [1.29, 1.82) is 0 Å². The number of hydrogen-bond donors (Lipinski definition) is 0. The first kappa shape index (κ1) is 61.2. The van der Waals surface area contributed by atoms with Crippen LogP contribution >= 0.6 is 8.53 Å². The van der Waals surface area contributed by atoms with Crippen LogP contribution in [0, 0.1) is 116 Å². The van der Waals surface area contributed by atoms with Crippen LogP contribution in [-0.4, -0.2) is 6.15 Å². The van der Waals surface area contributed by atoms with Crippen molar-refractivity contribution in [2.24, 2.45) is 0 Å². The fourth-order valence-electron chi connectivity index (χ4n) is 10.0. The van der Waals surface area contributed by atoms with E-state index >= 15 is 35.1 Å². The second-order valence-electron chi connectivity index (χ2n) is 23.6. The van der Waals surface area contributed by atoms with Crippen LogP contribution in [0.25, 0.3) is 22.5 Å². The second kappa shape index (κ2) is 20.2. The predicted molar refractivity (Wildman–Crippen MR) is 265 cm³/mol. The molecule has 0 fully saturated rings. The topological polar surface area (TPSA) is 22.3 Å². The van der Waals surface area contributed by atoms with Gasteiger partial charge in [-0.1, -0.05) is 95.2 Å². The molecule has 0 saturated carbocycles. The van der Waals surface area contributed by atoms with E-state index < -0.39 is 153 Å². The molecule has 0 atom stereocenters. The van der Waals surface area contributed by atoms with E-state index in [9.17, 15) is 52.7 Å². The first-order valence-electron chi connectivity index (χ1n) is 24.4. The van der Waals surface area contributed by atoms with Gasteiger partial charge < -0.3 is 9.05 Å². The minimum Gasteiger partial charge on any atom is -0.386 e. The van der Waals surface area contributed by atoms with E-state index in [0.29, 0.717) is 0 Å². The Morgan fingerprint density at radius 2 is 0.537 bits per heavy atom. The predicted octanol–water partition coefficient (Wildman–Crippen LogP) is 15.2. The van der Waals surface area contributed by atoms with Gasteiger partial charge in [-0.3, -0.25) is 0 Å². The first-order valence-corrected chi connectivity index (χ1v) is 25.5. The molecule has 0 amide bonds. The van der Waals surface area contributed by atoms with Gasteiger partial charge in [-0.05, 0) is 51.0 Å². The van der Waals surface area contributed by atoms with Gasteiger partial charge in [-0.25, -0.2) is 87.8 Å². The van der Waals surface area contributed by atoms with E-state index in [4.69, 9.17) is 9.05 Å². The minimum absolute atomic E-state index is 0.0308. The zero-order chi connectivity index (χ0) is 61.6. The maximum atomic E-state index is 15.4. The average Bonchev–Trinajstić information content (AvgIpc) is 1.22. The zero-order valence-electron chi connectivity index (χ0n) is 44.9. The van der Waals surface area contributed by atoms with E-state index in [1.807, 2.05) is 0 Å². The fraction of sp³-hybridized carbons (Fsp3) is 0.281. The third-order valence-corrected chi connectivity index (χ3v) is 15.7. The van der Waals surface area contributed by atoms with Gasteiger partial charge in [0.05, 0.1) is 11.1 Å². The van der Waals surface area contributed by atoms with Gasteiger partial charge in [0.2, 0.25) is 11.4 Å². The number of fused-ring (bicyclic) bond motifs is 4. The molecule has 0 spiro atoms. The van der Waals surface area contributed by atoms with Crippen LogP contribution in [0.1, 0.15) is 105 Å². The maximum absolute atomic E-state index is 15.4. The summed E-state index contributed by atoms with van der Waals surface area (Å²) in [4.78, 5) is 0. The zero-order valence-corrected chi connectivity index (χ0v) is 45.8. The summed E-state index contributed by atoms with van der Waals surface area (Å²) in [5.41, 5.74) is -4.60. The lowest BCUT2D eigenvalue weighted by Gasteiger charge is -2.44. The summed E-state index contributed by atoms with van der Waals surface area (Å²) in [5, 5.41) is 0. The molecule has 1 aromatic heterocycles. The van der Waals surface area contributed by atoms with Crippen molar-refractivity contribution < 1.29 is 101 Å². The molecule has 0 N–H and O–H groups in total. The van der Waals surface area contributed by atoms with Crippen LogP contribution in [0.5, 0.6) is 11.5 Å². The lowest BCUT2D eigenvalue weighted by Crippen LogP contribution is -2.81. The van der Waals surface area contributed by atoms with Crippen molar-refractivity contribution >= 4 is 36.5 Å². The highest BCUT2D eigenvalue weighted by Crippen LogP contribution is 2.57. The Kier molecular flexibility index (Phi) is 15.1. The van der Waals surface area contributed by atoms with Crippen molar-refractivity contribution in [3.05, 3.63) is 181 Å². The summed E-state index contributed by atoms with van der Waals surface area (Å²) in [6, 6.07) is 16.0. The molecule has 3 nitrogen and oxygen atoms in total. The van der Waals surface area contributed by atoms with Crippen LogP contribution in [-0.2, 0) is 21.7 Å². The van der Waals surface area contributed by atoms with Crippen LogP contribution in [0.15, 0.2) is 42.5 Å². The Hall–Kier alpha value is -6.84. The lowest BCUT2D eigenvalue weighted by atomic mass is 9.12. The van der Waals surface area contributed by atoms with E-state index in [-0.39, 0.29) is 21.7 Å². The Bertz CT molecular complexity index is 3390. The standard InChI is InChI=1S/C33H43NO2P.C24BF20/c1-30(2,3)20-16-22-26-14-13-15-27-23-17-21(31(4,5)6)19-25(33(10,11)12)29(23)36-37(34(26)27)35-28(22)24(18-20)32(7,8)9;26-5-1(6(27)14(35)21(42)13(5)34)25(2-7(28)15(36)22(43)16(37)8(2)29,3-9(30)17(38)23(44)18(39)10(3)31)4-11(32)19(40)24(45)20(41)12(4)33/h13-19H,1-12H3;/q+1;-1. The molecular weight excluding hydrogens is 1150 g/mol. The Labute approximate surface area is 456 Å². The molecule has 82 heavy (non-hydrogen) atoms. The normalized spacial score (nSPS) is 13.5. The smallest absolute Gasteiger partial charge is 0.386 e. The van der Waals surface area contributed by atoms with E-state index in [1.54, 1.807) is 0 Å². The summed E-state index contributed by atoms with van der Waals surface area (Å²) in [6.45, 7) is 27.3. The van der Waals surface area contributed by atoms with Crippen molar-refractivity contribution in [1.82, 2.24) is 0 Å². The molecule has 436 valence electrons. The number of hydrogen-bond acceptors (Lipinski definition) is 2. The highest BCUT2D eigenvalue weighted by Gasteiger charge is 2.54. The van der Waals surface area contributed by atoms with Gasteiger partial charge in [0.25, 0.3) is 0 Å². The van der Waals surface area contributed by atoms with Crippen LogP contribution in [0.4, 0.5) is 87.8 Å². The highest BCUT2D eigenvalue weighted by atomic mass is 31.2. The van der Waals surface area contributed by atoms with Crippen molar-refractivity contribution in [3.63, 3.8) is 0 Å². The monoisotopic (exact) mass is 1200 g/mol. The largest absolute Gasteiger partial charge is 0.639 e. The Morgan fingerprint density at radius 1 is 0.317 bits per heavy atom. The van der Waals surface area contributed by atoms with Gasteiger partial charge in [0.15, 0.2) is 81.3 Å². The molecule has 2 aliphatic heterocycles. The molecule has 3 heterocycles.